The minimum Gasteiger partial charge on any atom is -0.508 e. The maximum Gasteiger partial charge on any atom is 0.338 e. The van der Waals surface area contributed by atoms with Crippen molar-refractivity contribution in [3.63, 3.8) is 0 Å². The summed E-state index contributed by atoms with van der Waals surface area (Å²) in [6.45, 7) is 6.12. The number of carbonyl (C=O) groups is 4. The van der Waals surface area contributed by atoms with Gasteiger partial charge in [0.1, 0.15) is 12.4 Å². The molecule has 1 N–H and O–H groups in total. The van der Waals surface area contributed by atoms with Gasteiger partial charge in [0.2, 0.25) is 5.75 Å². The number of unbranched alkanes of at least 4 members (excludes halogenated alkanes) is 9. The smallest absolute Gasteiger partial charge is 0.338 e. The second-order valence-electron chi connectivity index (χ2n) is 10.9. The molecule has 0 aliphatic heterocycles. The van der Waals surface area contributed by atoms with Gasteiger partial charge >= 0.3 is 23.9 Å². The van der Waals surface area contributed by atoms with E-state index in [0.717, 1.165) is 57.8 Å². The van der Waals surface area contributed by atoms with Crippen molar-refractivity contribution in [1.82, 2.24) is 0 Å². The van der Waals surface area contributed by atoms with Crippen LogP contribution < -0.4 is 14.2 Å². The average Bonchev–Trinajstić information content (AvgIpc) is 3.00. The van der Waals surface area contributed by atoms with E-state index in [1.54, 1.807) is 12.1 Å². The summed E-state index contributed by atoms with van der Waals surface area (Å²) in [5.41, 5.74) is 0.594. The molecule has 9 nitrogen and oxygen atoms in total. The molecule has 0 heterocycles. The molecule has 9 heteroatoms. The first-order valence-electron chi connectivity index (χ1n) is 16.0. The van der Waals surface area contributed by atoms with E-state index in [1.165, 1.54) is 24.3 Å². The van der Waals surface area contributed by atoms with Gasteiger partial charge in [0.15, 0.2) is 11.5 Å². The Morgan fingerprint density at radius 3 is 1.45 bits per heavy atom. The number of phenols is 1. The van der Waals surface area contributed by atoms with Crippen molar-refractivity contribution in [2.75, 3.05) is 0 Å². The van der Waals surface area contributed by atoms with Gasteiger partial charge in [-0.25, -0.2) is 4.79 Å². The number of carbonyl (C=O) groups excluding carboxylic acids is 4. The lowest BCUT2D eigenvalue weighted by atomic mass is 10.1. The highest BCUT2D eigenvalue weighted by Crippen LogP contribution is 2.40. The largest absolute Gasteiger partial charge is 0.508 e. The van der Waals surface area contributed by atoms with E-state index >= 15 is 0 Å². The molecule has 0 amide bonds. The first-order valence-corrected chi connectivity index (χ1v) is 16.0. The maximum atomic E-state index is 13.1. The number of esters is 4. The second kappa shape index (κ2) is 20.9. The number of rotatable bonds is 21. The van der Waals surface area contributed by atoms with Gasteiger partial charge in [-0.1, -0.05) is 90.7 Å². The van der Waals surface area contributed by atoms with Gasteiger partial charge in [-0.15, -0.1) is 0 Å². The lowest BCUT2D eigenvalue weighted by Crippen LogP contribution is -2.16. The van der Waals surface area contributed by atoms with E-state index in [2.05, 4.69) is 20.8 Å². The molecule has 2 rings (SSSR count). The minimum absolute atomic E-state index is 0.0471. The zero-order valence-corrected chi connectivity index (χ0v) is 26.5. The van der Waals surface area contributed by atoms with Gasteiger partial charge in [0, 0.05) is 19.3 Å². The number of hydrogen-bond donors (Lipinski definition) is 1. The SMILES string of the molecule is CCCCCCC(=O)Oc1cc(C(=O)OCc2ccc(O)cc2)cc(OC(=O)CCCCCC)c1OC(=O)CCCCCC. The fourth-order valence-electron chi connectivity index (χ4n) is 4.37. The normalized spacial score (nSPS) is 10.7. The average molecular weight is 613 g/mol. The third kappa shape index (κ3) is 14.1. The number of aromatic hydroxyl groups is 1. The summed E-state index contributed by atoms with van der Waals surface area (Å²) >= 11 is 0. The van der Waals surface area contributed by atoms with Gasteiger partial charge in [-0.2, -0.15) is 0 Å². The van der Waals surface area contributed by atoms with Crippen molar-refractivity contribution < 1.29 is 43.2 Å². The Bertz CT molecular complexity index is 1140. The minimum atomic E-state index is -0.768. The van der Waals surface area contributed by atoms with E-state index in [9.17, 15) is 24.3 Å². The highest BCUT2D eigenvalue weighted by atomic mass is 16.6. The van der Waals surface area contributed by atoms with Crippen molar-refractivity contribution >= 4 is 23.9 Å². The van der Waals surface area contributed by atoms with Crippen molar-refractivity contribution in [1.29, 1.82) is 0 Å². The van der Waals surface area contributed by atoms with E-state index in [1.807, 2.05) is 0 Å². The van der Waals surface area contributed by atoms with Gasteiger partial charge in [-0.3, -0.25) is 14.4 Å². The van der Waals surface area contributed by atoms with Crippen LogP contribution in [0.5, 0.6) is 23.0 Å². The van der Waals surface area contributed by atoms with Crippen molar-refractivity contribution in [2.45, 2.75) is 124 Å². The molecule has 0 spiro atoms. The summed E-state index contributed by atoms with van der Waals surface area (Å²) in [4.78, 5) is 51.6. The van der Waals surface area contributed by atoms with Gasteiger partial charge in [0.05, 0.1) is 5.56 Å². The van der Waals surface area contributed by atoms with Crippen LogP contribution >= 0.6 is 0 Å². The monoisotopic (exact) mass is 612 g/mol. The van der Waals surface area contributed by atoms with Gasteiger partial charge in [-0.05, 0) is 49.1 Å². The van der Waals surface area contributed by atoms with Crippen LogP contribution in [0.3, 0.4) is 0 Å². The number of hydrogen-bond acceptors (Lipinski definition) is 9. The summed E-state index contributed by atoms with van der Waals surface area (Å²) < 4.78 is 22.4. The molecule has 0 atom stereocenters. The first-order chi connectivity index (χ1) is 21.3. The van der Waals surface area contributed by atoms with E-state index in [-0.39, 0.29) is 54.4 Å². The molecular weight excluding hydrogens is 564 g/mol. The van der Waals surface area contributed by atoms with Crippen LogP contribution in [0.1, 0.15) is 133 Å². The van der Waals surface area contributed by atoms with Crippen molar-refractivity contribution in [3.05, 3.63) is 47.5 Å². The van der Waals surface area contributed by atoms with Crippen LogP contribution in [0.15, 0.2) is 36.4 Å². The third-order valence-corrected chi connectivity index (χ3v) is 6.93. The van der Waals surface area contributed by atoms with Crippen LogP contribution in [-0.4, -0.2) is 29.0 Å². The van der Waals surface area contributed by atoms with Crippen LogP contribution in [0.4, 0.5) is 0 Å². The predicted octanol–water partition coefficient (Wildman–Crippen LogP) is 8.38. The predicted molar refractivity (Wildman–Crippen MR) is 167 cm³/mol. The quantitative estimate of drug-likeness (QED) is 0.0840. The Kier molecular flexibility index (Phi) is 17.3. The summed E-state index contributed by atoms with van der Waals surface area (Å²) in [7, 11) is 0. The molecule has 0 unspecified atom stereocenters. The molecule has 0 aromatic heterocycles. The van der Waals surface area contributed by atoms with Crippen LogP contribution in [0.25, 0.3) is 0 Å². The van der Waals surface area contributed by atoms with Crippen LogP contribution in [0, 0.1) is 0 Å². The summed E-state index contributed by atoms with van der Waals surface area (Å²) in [6.07, 6.45) is 10.8. The summed E-state index contributed by atoms with van der Waals surface area (Å²) in [5, 5.41) is 9.51. The van der Waals surface area contributed by atoms with Crippen molar-refractivity contribution in [2.24, 2.45) is 0 Å². The molecule has 2 aromatic rings. The van der Waals surface area contributed by atoms with Gasteiger partial charge in [0.25, 0.3) is 0 Å². The molecule has 242 valence electrons. The molecule has 0 radical (unpaired) electrons. The highest BCUT2D eigenvalue weighted by Gasteiger charge is 2.25. The molecule has 0 aliphatic carbocycles. The first kappa shape index (κ1) is 36.3. The lowest BCUT2D eigenvalue weighted by molar-refractivity contribution is -0.138. The zero-order chi connectivity index (χ0) is 32.2. The Balaban J connectivity index is 2.39. The van der Waals surface area contributed by atoms with E-state index < -0.39 is 23.9 Å². The number of benzene rings is 2. The molecule has 44 heavy (non-hydrogen) atoms. The molecule has 0 saturated heterocycles. The molecule has 0 aliphatic rings. The second-order valence-corrected chi connectivity index (χ2v) is 10.9. The summed E-state index contributed by atoms with van der Waals surface area (Å²) in [5.74, 6) is -2.98. The molecule has 0 bridgehead atoms. The third-order valence-electron chi connectivity index (χ3n) is 6.93. The Morgan fingerprint density at radius 1 is 0.591 bits per heavy atom. The zero-order valence-electron chi connectivity index (χ0n) is 26.5. The van der Waals surface area contributed by atoms with Crippen LogP contribution in [0.2, 0.25) is 0 Å². The standard InChI is InChI=1S/C35H48O9/c1-4-7-10-13-16-31(37)42-29-23-27(35(40)41-25-26-19-21-28(36)22-20-26)24-30(43-32(38)17-14-11-8-5-2)34(29)44-33(39)18-15-12-9-6-3/h19-24,36H,4-18,25H2,1-3H3. The van der Waals surface area contributed by atoms with Crippen LogP contribution in [-0.2, 0) is 25.7 Å². The molecular formula is C35H48O9. The Labute approximate surface area is 261 Å². The maximum absolute atomic E-state index is 13.1. The molecule has 0 saturated carbocycles. The fraction of sp³-hybridized carbons (Fsp3) is 0.543. The van der Waals surface area contributed by atoms with E-state index in [4.69, 9.17) is 18.9 Å². The molecule has 0 fully saturated rings. The van der Waals surface area contributed by atoms with E-state index in [0.29, 0.717) is 24.8 Å². The fourth-order valence-corrected chi connectivity index (χ4v) is 4.37. The Morgan fingerprint density at radius 2 is 1.02 bits per heavy atom. The molecule has 2 aromatic carbocycles. The number of phenolic OH excluding ortho intramolecular Hbond substituents is 1. The van der Waals surface area contributed by atoms with Gasteiger partial charge < -0.3 is 24.1 Å². The summed E-state index contributed by atoms with van der Waals surface area (Å²) in [6, 6.07) is 8.71. The van der Waals surface area contributed by atoms with Crippen molar-refractivity contribution in [3.8, 4) is 23.0 Å². The Hall–Kier alpha value is -3.88. The lowest BCUT2D eigenvalue weighted by Gasteiger charge is -2.16. The topological polar surface area (TPSA) is 125 Å². The number of ether oxygens (including phenoxy) is 4. The highest BCUT2D eigenvalue weighted by molar-refractivity contribution is 5.92.